The molecular formula is C22H25ClFN3O4. The van der Waals surface area contributed by atoms with E-state index in [9.17, 15) is 14.7 Å². The maximum absolute atomic E-state index is 15.5. The molecule has 4 aliphatic rings. The summed E-state index contributed by atoms with van der Waals surface area (Å²) in [5.74, 6) is -1.16. The highest BCUT2D eigenvalue weighted by Crippen LogP contribution is 2.56. The van der Waals surface area contributed by atoms with Crippen LogP contribution in [0.25, 0.3) is 10.9 Å². The Morgan fingerprint density at radius 3 is 2.65 bits per heavy atom. The van der Waals surface area contributed by atoms with Gasteiger partial charge in [0.1, 0.15) is 11.3 Å². The highest BCUT2D eigenvalue weighted by molar-refractivity contribution is 6.18. The van der Waals surface area contributed by atoms with E-state index < -0.39 is 17.2 Å². The maximum Gasteiger partial charge on any atom is 0.341 e. The summed E-state index contributed by atoms with van der Waals surface area (Å²) in [6.07, 6.45) is 4.98. The molecule has 0 unspecified atom stereocenters. The fraction of sp³-hybridized carbons (Fsp3) is 0.545. The molecule has 2 saturated carbocycles. The van der Waals surface area contributed by atoms with Gasteiger partial charge in [0, 0.05) is 42.2 Å². The molecule has 1 aromatic heterocycles. The number of carboxylic acids is 1. The molecule has 4 fully saturated rings. The summed E-state index contributed by atoms with van der Waals surface area (Å²) in [5, 5.41) is 12.9. The normalized spacial score (nSPS) is 27.3. The number of benzene rings is 1. The molecule has 9 heteroatoms. The number of pyridine rings is 1. The van der Waals surface area contributed by atoms with Crippen LogP contribution in [0, 0.1) is 11.2 Å². The summed E-state index contributed by atoms with van der Waals surface area (Å²) in [6, 6.07) is 1.24. The largest absolute Gasteiger partial charge is 0.492 e. The monoisotopic (exact) mass is 449 g/mol. The number of hydrogen-bond donors (Lipinski definition) is 2. The standard InChI is InChI=1S/C22H25ClFN3O4/c1-25-22-7-21(8-22,9-23)10-26(11-22)17-15(24)5-13-16(19(17)31-2)27(12-3-4-12)6-14(18(13)28)20(29)30/h5-6,12,25H,3-4,7-11H2,1-2H3,(H,29,30). The van der Waals surface area contributed by atoms with E-state index in [2.05, 4.69) is 5.32 Å². The van der Waals surface area contributed by atoms with E-state index in [0.717, 1.165) is 25.7 Å². The van der Waals surface area contributed by atoms with Crippen molar-refractivity contribution in [3.63, 3.8) is 0 Å². The molecule has 0 radical (unpaired) electrons. The summed E-state index contributed by atoms with van der Waals surface area (Å²) < 4.78 is 23.0. The quantitative estimate of drug-likeness (QED) is 0.660. The van der Waals surface area contributed by atoms with Crippen LogP contribution < -0.4 is 20.4 Å². The Labute approximate surface area is 183 Å². The predicted molar refractivity (Wildman–Crippen MR) is 116 cm³/mol. The van der Waals surface area contributed by atoms with Crippen molar-refractivity contribution in [2.45, 2.75) is 37.3 Å². The number of aromatic nitrogens is 1. The number of nitrogens with one attached hydrogen (secondary N) is 1. The molecule has 2 aromatic rings. The van der Waals surface area contributed by atoms with Crippen molar-refractivity contribution in [3.05, 3.63) is 33.9 Å². The summed E-state index contributed by atoms with van der Waals surface area (Å²) in [5.41, 5.74) is -0.535. The Morgan fingerprint density at radius 1 is 1.39 bits per heavy atom. The lowest BCUT2D eigenvalue weighted by Crippen LogP contribution is -2.73. The van der Waals surface area contributed by atoms with Gasteiger partial charge in [-0.05, 0) is 38.8 Å². The predicted octanol–water partition coefficient (Wildman–Crippen LogP) is 2.98. The molecule has 2 bridgehead atoms. The molecule has 166 valence electrons. The molecule has 6 rings (SSSR count). The van der Waals surface area contributed by atoms with Crippen molar-refractivity contribution in [2.24, 2.45) is 5.41 Å². The topological polar surface area (TPSA) is 83.8 Å². The van der Waals surface area contributed by atoms with E-state index in [0.29, 0.717) is 30.2 Å². The molecule has 2 aliphatic heterocycles. The Hall–Kier alpha value is -2.32. The number of aromatic carboxylic acids is 1. The fourth-order valence-corrected chi connectivity index (χ4v) is 5.98. The summed E-state index contributed by atoms with van der Waals surface area (Å²) in [6.45, 7) is 1.20. The van der Waals surface area contributed by atoms with Crippen LogP contribution in [0.2, 0.25) is 0 Å². The highest BCUT2D eigenvalue weighted by atomic mass is 35.5. The lowest BCUT2D eigenvalue weighted by atomic mass is 9.55. The van der Waals surface area contributed by atoms with Crippen LogP contribution >= 0.6 is 11.6 Å². The van der Waals surface area contributed by atoms with Crippen molar-refractivity contribution in [2.75, 3.05) is 38.0 Å². The number of hydrogen-bond acceptors (Lipinski definition) is 5. The van der Waals surface area contributed by atoms with Gasteiger partial charge in [-0.1, -0.05) is 0 Å². The first-order valence-corrected chi connectivity index (χ1v) is 11.0. The molecule has 31 heavy (non-hydrogen) atoms. The molecule has 2 saturated heterocycles. The molecule has 0 amide bonds. The van der Waals surface area contributed by atoms with E-state index in [1.165, 1.54) is 19.4 Å². The van der Waals surface area contributed by atoms with E-state index in [4.69, 9.17) is 16.3 Å². The first kappa shape index (κ1) is 20.6. The molecule has 2 aliphatic carbocycles. The van der Waals surface area contributed by atoms with Gasteiger partial charge in [-0.2, -0.15) is 0 Å². The minimum Gasteiger partial charge on any atom is -0.492 e. The Morgan fingerprint density at radius 2 is 2.10 bits per heavy atom. The molecule has 2 N–H and O–H groups in total. The average molecular weight is 450 g/mol. The lowest BCUT2D eigenvalue weighted by molar-refractivity contribution is 0.00272. The second-order valence-electron chi connectivity index (χ2n) is 9.33. The molecule has 1 aromatic carbocycles. The van der Waals surface area contributed by atoms with E-state index >= 15 is 4.39 Å². The van der Waals surface area contributed by atoms with Crippen molar-refractivity contribution in [1.29, 1.82) is 0 Å². The number of carbonyl (C=O) groups is 1. The molecular weight excluding hydrogens is 425 g/mol. The van der Waals surface area contributed by atoms with Crippen LogP contribution in [0.3, 0.4) is 0 Å². The number of ether oxygens (including phenoxy) is 1. The van der Waals surface area contributed by atoms with Gasteiger partial charge >= 0.3 is 5.97 Å². The van der Waals surface area contributed by atoms with E-state index in [-0.39, 0.29) is 33.7 Å². The second kappa shape index (κ2) is 6.84. The minimum atomic E-state index is -1.32. The third-order valence-electron chi connectivity index (χ3n) is 7.15. The van der Waals surface area contributed by atoms with Crippen LogP contribution in [0.1, 0.15) is 42.1 Å². The fourth-order valence-electron chi connectivity index (χ4n) is 5.71. The number of methoxy groups -OCH3 is 1. The third-order valence-corrected chi connectivity index (χ3v) is 7.72. The summed E-state index contributed by atoms with van der Waals surface area (Å²) >= 11 is 6.30. The number of halogens is 2. The molecule has 0 spiro atoms. The van der Waals surface area contributed by atoms with Crippen LogP contribution in [-0.2, 0) is 0 Å². The van der Waals surface area contributed by atoms with Crippen molar-refractivity contribution < 1.29 is 19.0 Å². The number of carboxylic acid groups (broad SMARTS) is 1. The van der Waals surface area contributed by atoms with Crippen molar-refractivity contribution in [1.82, 2.24) is 9.88 Å². The molecule has 3 heterocycles. The van der Waals surface area contributed by atoms with Gasteiger partial charge in [0.2, 0.25) is 5.43 Å². The molecule has 0 atom stereocenters. The number of piperidine rings is 2. The highest BCUT2D eigenvalue weighted by Gasteiger charge is 2.59. The zero-order chi connectivity index (χ0) is 22.1. The van der Waals surface area contributed by atoms with E-state index in [1.54, 1.807) is 4.57 Å². The average Bonchev–Trinajstić information content (AvgIpc) is 3.57. The zero-order valence-corrected chi connectivity index (χ0v) is 18.3. The van der Waals surface area contributed by atoms with Gasteiger partial charge in [-0.15, -0.1) is 11.6 Å². The van der Waals surface area contributed by atoms with Gasteiger partial charge in [0.15, 0.2) is 11.6 Å². The van der Waals surface area contributed by atoms with Crippen molar-refractivity contribution in [3.8, 4) is 5.75 Å². The number of likely N-dealkylation sites (N-methyl/N-ethyl adjacent to an activating group) is 1. The van der Waals surface area contributed by atoms with Gasteiger partial charge in [-0.3, -0.25) is 4.79 Å². The first-order chi connectivity index (χ1) is 14.8. The summed E-state index contributed by atoms with van der Waals surface area (Å²) in [7, 11) is 3.37. The van der Waals surface area contributed by atoms with Crippen LogP contribution in [0.4, 0.5) is 10.1 Å². The maximum atomic E-state index is 15.5. The van der Waals surface area contributed by atoms with Crippen LogP contribution in [0.5, 0.6) is 5.75 Å². The van der Waals surface area contributed by atoms with Gasteiger partial charge in [0.05, 0.1) is 18.0 Å². The number of alkyl halides is 1. The first-order valence-electron chi connectivity index (χ1n) is 10.5. The van der Waals surface area contributed by atoms with Crippen molar-refractivity contribution >= 4 is 34.2 Å². The van der Waals surface area contributed by atoms with E-state index in [1.807, 2.05) is 11.9 Å². The number of fused-ring (bicyclic) bond motifs is 3. The van der Waals surface area contributed by atoms with Crippen LogP contribution in [-0.4, -0.2) is 54.3 Å². The van der Waals surface area contributed by atoms with Gasteiger partial charge < -0.3 is 24.6 Å². The Balaban J connectivity index is 1.74. The smallest absolute Gasteiger partial charge is 0.341 e. The zero-order valence-electron chi connectivity index (χ0n) is 17.5. The van der Waals surface area contributed by atoms with Gasteiger partial charge in [0.25, 0.3) is 0 Å². The lowest BCUT2D eigenvalue weighted by Gasteiger charge is -2.63. The Kier molecular flexibility index (Phi) is 4.54. The SMILES string of the molecule is CNC12CN(c3c(F)cc4c(=O)c(C(=O)O)cn(C5CC5)c4c3OC)CC(CCl)(C1)C2. The molecule has 7 nitrogen and oxygen atoms in total. The summed E-state index contributed by atoms with van der Waals surface area (Å²) in [4.78, 5) is 26.5. The third kappa shape index (κ3) is 2.95. The number of rotatable bonds is 6. The van der Waals surface area contributed by atoms with Gasteiger partial charge in [-0.25, -0.2) is 9.18 Å². The number of nitrogens with zero attached hydrogens (tertiary/aromatic N) is 2. The second-order valence-corrected chi connectivity index (χ2v) is 9.59. The number of anilines is 1. The Bertz CT molecular complexity index is 1140. The minimum absolute atomic E-state index is 0.0301. The van der Waals surface area contributed by atoms with Crippen LogP contribution in [0.15, 0.2) is 17.1 Å².